The van der Waals surface area contributed by atoms with Crippen molar-refractivity contribution in [3.63, 3.8) is 0 Å². The van der Waals surface area contributed by atoms with Gasteiger partial charge in [0.05, 0.1) is 24.5 Å². The number of primary amides is 1. The number of aromatic nitrogens is 3. The summed E-state index contributed by atoms with van der Waals surface area (Å²) in [6.45, 7) is 2.10. The van der Waals surface area contributed by atoms with E-state index in [-0.39, 0.29) is 12.3 Å². The van der Waals surface area contributed by atoms with Gasteiger partial charge in [-0.2, -0.15) is 0 Å². The molecule has 2 aromatic heterocycles. The molecule has 6 heteroatoms. The van der Waals surface area contributed by atoms with Crippen molar-refractivity contribution in [2.75, 3.05) is 11.9 Å². The summed E-state index contributed by atoms with van der Waals surface area (Å²) in [7, 11) is 3.96. The minimum absolute atomic E-state index is 0.260. The van der Waals surface area contributed by atoms with Crippen LogP contribution in [0, 0.1) is 0 Å². The van der Waals surface area contributed by atoms with Gasteiger partial charge in [-0.25, -0.2) is 9.97 Å². The topological polar surface area (TPSA) is 77.0 Å². The van der Waals surface area contributed by atoms with Crippen LogP contribution in [-0.4, -0.2) is 27.5 Å². The first-order valence-corrected chi connectivity index (χ1v) is 7.90. The van der Waals surface area contributed by atoms with E-state index in [1.54, 1.807) is 12.5 Å². The fraction of sp³-hybridized carbons (Fsp3) is 0.278. The second-order valence-electron chi connectivity index (χ2n) is 5.91. The summed E-state index contributed by atoms with van der Waals surface area (Å²) in [5.41, 5.74) is 10.4. The van der Waals surface area contributed by atoms with Crippen LogP contribution in [0.5, 0.6) is 0 Å². The molecule has 0 fully saturated rings. The van der Waals surface area contributed by atoms with Crippen LogP contribution in [0.25, 0.3) is 11.0 Å². The summed E-state index contributed by atoms with van der Waals surface area (Å²) in [5.74, 6) is 0.532. The first kappa shape index (κ1) is 16.0. The summed E-state index contributed by atoms with van der Waals surface area (Å²) in [6, 6.07) is 8.03. The Morgan fingerprint density at radius 2 is 2.08 bits per heavy atom. The molecule has 0 bridgehead atoms. The molecule has 0 aliphatic carbocycles. The molecular weight excluding hydrogens is 302 g/mol. The lowest BCUT2D eigenvalue weighted by atomic mass is 10.0. The van der Waals surface area contributed by atoms with Crippen molar-refractivity contribution in [3.8, 4) is 0 Å². The van der Waals surface area contributed by atoms with Crippen LogP contribution >= 0.6 is 0 Å². The maximum atomic E-state index is 11.1. The summed E-state index contributed by atoms with van der Waals surface area (Å²) < 4.78 is 1.98. The lowest BCUT2D eigenvalue weighted by molar-refractivity contribution is -0.117. The van der Waals surface area contributed by atoms with Gasteiger partial charge in [0, 0.05) is 25.8 Å². The number of hydrogen-bond donors (Lipinski definition) is 1. The number of nitrogens with zero attached hydrogens (tertiary/aromatic N) is 4. The van der Waals surface area contributed by atoms with Gasteiger partial charge >= 0.3 is 0 Å². The van der Waals surface area contributed by atoms with Gasteiger partial charge in [-0.1, -0.05) is 19.1 Å². The van der Waals surface area contributed by atoms with Gasteiger partial charge in [0.25, 0.3) is 0 Å². The third-order valence-corrected chi connectivity index (χ3v) is 4.21. The van der Waals surface area contributed by atoms with Crippen molar-refractivity contribution in [1.82, 2.24) is 14.5 Å². The van der Waals surface area contributed by atoms with Crippen molar-refractivity contribution in [2.24, 2.45) is 12.8 Å². The summed E-state index contributed by atoms with van der Waals surface area (Å²) >= 11 is 0. The largest absolute Gasteiger partial charge is 0.369 e. The lowest BCUT2D eigenvalue weighted by Crippen LogP contribution is -2.16. The number of carbonyl (C=O) groups is 1. The minimum Gasteiger partial charge on any atom is -0.369 e. The number of imidazole rings is 1. The van der Waals surface area contributed by atoms with Crippen molar-refractivity contribution >= 4 is 28.4 Å². The zero-order valence-corrected chi connectivity index (χ0v) is 14.2. The van der Waals surface area contributed by atoms with Gasteiger partial charge in [0.15, 0.2) is 0 Å². The van der Waals surface area contributed by atoms with Crippen LogP contribution in [0.4, 0.5) is 11.5 Å². The number of benzene rings is 1. The molecule has 2 heterocycles. The van der Waals surface area contributed by atoms with E-state index in [4.69, 9.17) is 5.73 Å². The zero-order chi connectivity index (χ0) is 17.3. The van der Waals surface area contributed by atoms with Gasteiger partial charge in [-0.3, -0.25) is 4.79 Å². The number of fused-ring (bicyclic) bond motifs is 1. The van der Waals surface area contributed by atoms with E-state index in [2.05, 4.69) is 21.8 Å². The summed E-state index contributed by atoms with van der Waals surface area (Å²) in [5, 5.41) is 0. The Balaban J connectivity index is 1.99. The molecule has 0 spiro atoms. The molecule has 6 nitrogen and oxygen atoms in total. The highest BCUT2D eigenvalue weighted by Crippen LogP contribution is 2.28. The van der Waals surface area contributed by atoms with E-state index in [9.17, 15) is 4.79 Å². The Morgan fingerprint density at radius 3 is 2.79 bits per heavy atom. The standard InChI is InChI=1S/C18H21N5O/c1-4-13-7-12(8-17(19)24)5-6-15(13)23(3)18-9-16-14(10-20-18)21-11-22(16)2/h5-7,9-11H,4,8H2,1-3H3,(H2,19,24). The van der Waals surface area contributed by atoms with Gasteiger partial charge in [-0.15, -0.1) is 0 Å². The molecule has 0 unspecified atom stereocenters. The fourth-order valence-electron chi connectivity index (χ4n) is 2.89. The average Bonchev–Trinajstić information content (AvgIpc) is 2.94. The molecule has 1 amide bonds. The number of hydrogen-bond acceptors (Lipinski definition) is 4. The van der Waals surface area contributed by atoms with E-state index < -0.39 is 0 Å². The van der Waals surface area contributed by atoms with Crippen molar-refractivity contribution in [3.05, 3.63) is 47.9 Å². The number of anilines is 2. The Morgan fingerprint density at radius 1 is 1.29 bits per heavy atom. The predicted molar refractivity (Wildman–Crippen MR) is 95.3 cm³/mol. The second kappa shape index (κ2) is 6.31. The zero-order valence-electron chi connectivity index (χ0n) is 14.2. The average molecular weight is 323 g/mol. The second-order valence-corrected chi connectivity index (χ2v) is 5.91. The third-order valence-electron chi connectivity index (χ3n) is 4.21. The Kier molecular flexibility index (Phi) is 4.20. The van der Waals surface area contributed by atoms with Crippen LogP contribution in [0.1, 0.15) is 18.1 Å². The Labute approximate surface area is 140 Å². The molecule has 0 saturated carbocycles. The van der Waals surface area contributed by atoms with Crippen molar-refractivity contribution in [1.29, 1.82) is 0 Å². The highest BCUT2D eigenvalue weighted by Gasteiger charge is 2.13. The molecule has 1 aromatic carbocycles. The van der Waals surface area contributed by atoms with Crippen LogP contribution < -0.4 is 10.6 Å². The maximum Gasteiger partial charge on any atom is 0.221 e. The van der Waals surface area contributed by atoms with Gasteiger partial charge < -0.3 is 15.2 Å². The quantitative estimate of drug-likeness (QED) is 0.782. The summed E-state index contributed by atoms with van der Waals surface area (Å²) in [4.78, 5) is 22.0. The molecule has 0 aliphatic heterocycles. The minimum atomic E-state index is -0.318. The highest BCUT2D eigenvalue weighted by molar-refractivity contribution is 5.80. The monoisotopic (exact) mass is 323 g/mol. The van der Waals surface area contributed by atoms with E-state index in [1.807, 2.05) is 42.9 Å². The Hall–Kier alpha value is -2.89. The smallest absolute Gasteiger partial charge is 0.221 e. The fourth-order valence-corrected chi connectivity index (χ4v) is 2.89. The molecule has 124 valence electrons. The predicted octanol–water partition coefficient (Wildman–Crippen LogP) is 2.33. The van der Waals surface area contributed by atoms with Crippen LogP contribution in [0.15, 0.2) is 36.8 Å². The number of nitrogens with two attached hydrogens (primary N) is 1. The number of pyridine rings is 1. The third kappa shape index (κ3) is 2.95. The Bertz CT molecular complexity index is 900. The molecule has 0 radical (unpaired) electrons. The summed E-state index contributed by atoms with van der Waals surface area (Å²) in [6.07, 6.45) is 4.69. The van der Waals surface area contributed by atoms with Crippen molar-refractivity contribution < 1.29 is 4.79 Å². The number of rotatable bonds is 5. The molecule has 0 atom stereocenters. The molecule has 2 N–H and O–H groups in total. The van der Waals surface area contributed by atoms with Crippen molar-refractivity contribution in [2.45, 2.75) is 19.8 Å². The number of aryl methyl sites for hydroxylation is 2. The van der Waals surface area contributed by atoms with E-state index in [1.165, 1.54) is 0 Å². The molecule has 24 heavy (non-hydrogen) atoms. The molecular formula is C18H21N5O. The van der Waals surface area contributed by atoms with Gasteiger partial charge in [0.1, 0.15) is 11.3 Å². The van der Waals surface area contributed by atoms with Crippen LogP contribution in [0.2, 0.25) is 0 Å². The molecule has 3 aromatic rings. The highest BCUT2D eigenvalue weighted by atomic mass is 16.1. The van der Waals surface area contributed by atoms with E-state index in [0.29, 0.717) is 0 Å². The number of carbonyl (C=O) groups excluding carboxylic acids is 1. The van der Waals surface area contributed by atoms with Crippen LogP contribution in [-0.2, 0) is 24.7 Å². The molecule has 0 aliphatic rings. The first-order chi connectivity index (χ1) is 11.5. The first-order valence-electron chi connectivity index (χ1n) is 7.90. The normalized spacial score (nSPS) is 11.0. The molecule has 0 saturated heterocycles. The SMILES string of the molecule is CCc1cc(CC(N)=O)ccc1N(C)c1cc2c(cn1)ncn2C. The number of amides is 1. The van der Waals surface area contributed by atoms with E-state index in [0.717, 1.165) is 40.1 Å². The lowest BCUT2D eigenvalue weighted by Gasteiger charge is -2.22. The maximum absolute atomic E-state index is 11.1. The van der Waals surface area contributed by atoms with Crippen LogP contribution in [0.3, 0.4) is 0 Å². The van der Waals surface area contributed by atoms with E-state index >= 15 is 0 Å². The molecule has 3 rings (SSSR count). The van der Waals surface area contributed by atoms with Gasteiger partial charge in [0.2, 0.25) is 5.91 Å². The van der Waals surface area contributed by atoms with Gasteiger partial charge in [-0.05, 0) is 23.6 Å².